The fourth-order valence-electron chi connectivity index (χ4n) is 7.99. The predicted molar refractivity (Wildman–Crippen MR) is 167 cm³/mol. The molecule has 4 aliphatic heterocycles. The third kappa shape index (κ3) is 6.19. The number of cyclic esters (lactones) is 1. The molecule has 5 rings (SSSR count). The summed E-state index contributed by atoms with van der Waals surface area (Å²) >= 11 is 0. The second-order valence-corrected chi connectivity index (χ2v) is 14.6. The zero-order chi connectivity index (χ0) is 32.7. The fraction of sp³-hybridized carbons (Fsp3) is 0.600. The van der Waals surface area contributed by atoms with E-state index >= 15 is 0 Å². The summed E-state index contributed by atoms with van der Waals surface area (Å²) in [5.41, 5.74) is -1.37. The van der Waals surface area contributed by atoms with Crippen molar-refractivity contribution in [2.45, 2.75) is 96.2 Å². The van der Waals surface area contributed by atoms with Crippen LogP contribution in [0.2, 0.25) is 0 Å². The molecule has 1 aromatic carbocycles. The number of β-amino-alcohol motifs (C(OH)–C–C–N with tert-alkyl or cyclic N) is 1. The Labute approximate surface area is 265 Å². The standard InChI is InChI=1S/C35H47N3O7/c1-22-28(23-13-8-7-9-14-23)44-32(43)26-24(15-10-11-16-25(40)36-22)45-35-17-12-18-38(34(5,6)21-33(2,3)4)31(42)29(35)37(19-20-39)30(41)27(26)35/h7-10,12-15,17,22,24,26-29,39H,11,16,18-21H2,1-6H3,(H,36,40)/b15-10-/t22-,24-,26+,27+,28+,29-,35+/m0/s1. The summed E-state index contributed by atoms with van der Waals surface area (Å²) in [6.45, 7) is 12.1. The van der Waals surface area contributed by atoms with Crippen molar-refractivity contribution in [3.63, 3.8) is 0 Å². The normalized spacial score (nSPS) is 33.3. The molecule has 0 aromatic heterocycles. The number of rotatable bonds is 5. The Bertz CT molecular complexity index is 1370. The summed E-state index contributed by atoms with van der Waals surface area (Å²) in [6, 6.07) is 7.57. The van der Waals surface area contributed by atoms with Gasteiger partial charge in [0.2, 0.25) is 17.7 Å². The first-order valence-electron chi connectivity index (χ1n) is 16.0. The first-order chi connectivity index (χ1) is 21.2. The molecule has 7 atom stereocenters. The van der Waals surface area contributed by atoms with Crippen molar-refractivity contribution in [3.05, 3.63) is 60.2 Å². The number of aliphatic hydroxyl groups excluding tert-OH is 1. The Hall–Kier alpha value is -3.50. The van der Waals surface area contributed by atoms with E-state index in [4.69, 9.17) is 9.47 Å². The number of esters is 1. The smallest absolute Gasteiger partial charge is 0.313 e. The van der Waals surface area contributed by atoms with E-state index in [1.54, 1.807) is 30.1 Å². The number of likely N-dealkylation sites (tertiary alicyclic amines) is 1. The van der Waals surface area contributed by atoms with Crippen molar-refractivity contribution in [2.75, 3.05) is 19.7 Å². The minimum Gasteiger partial charge on any atom is -0.455 e. The molecule has 10 nitrogen and oxygen atoms in total. The number of hydrogen-bond acceptors (Lipinski definition) is 7. The van der Waals surface area contributed by atoms with Gasteiger partial charge in [0.1, 0.15) is 23.7 Å². The third-order valence-electron chi connectivity index (χ3n) is 9.38. The van der Waals surface area contributed by atoms with E-state index in [1.807, 2.05) is 50.3 Å². The van der Waals surface area contributed by atoms with Gasteiger partial charge in [0.25, 0.3) is 0 Å². The second-order valence-electron chi connectivity index (χ2n) is 14.6. The molecule has 4 heterocycles. The van der Waals surface area contributed by atoms with Crippen LogP contribution in [-0.4, -0.2) is 87.6 Å². The minimum absolute atomic E-state index is 0.0721. The number of ether oxygens (including phenoxy) is 2. The topological polar surface area (TPSA) is 125 Å². The average Bonchev–Trinajstić information content (AvgIpc) is 3.32. The molecular formula is C35H47N3O7. The maximum absolute atomic E-state index is 14.6. The molecule has 244 valence electrons. The molecular weight excluding hydrogens is 574 g/mol. The lowest BCUT2D eigenvalue weighted by Gasteiger charge is -2.44. The highest BCUT2D eigenvalue weighted by atomic mass is 16.6. The van der Waals surface area contributed by atoms with E-state index in [9.17, 15) is 24.3 Å². The van der Waals surface area contributed by atoms with Crippen LogP contribution in [0.1, 0.15) is 72.5 Å². The van der Waals surface area contributed by atoms with Gasteiger partial charge in [0, 0.05) is 25.0 Å². The number of nitrogens with one attached hydrogen (secondary N) is 1. The van der Waals surface area contributed by atoms with Crippen molar-refractivity contribution in [1.29, 1.82) is 0 Å². The summed E-state index contributed by atoms with van der Waals surface area (Å²) < 4.78 is 12.9. The van der Waals surface area contributed by atoms with Crippen LogP contribution in [-0.2, 0) is 28.7 Å². The zero-order valence-corrected chi connectivity index (χ0v) is 27.2. The molecule has 2 N–H and O–H groups in total. The monoisotopic (exact) mass is 621 g/mol. The van der Waals surface area contributed by atoms with Crippen molar-refractivity contribution < 1.29 is 33.8 Å². The molecule has 0 bridgehead atoms. The molecule has 10 heteroatoms. The summed E-state index contributed by atoms with van der Waals surface area (Å²) in [5, 5.41) is 13.0. The lowest BCUT2D eigenvalue weighted by atomic mass is 9.77. The van der Waals surface area contributed by atoms with Crippen LogP contribution in [0, 0.1) is 17.3 Å². The molecule has 0 aliphatic carbocycles. The fourth-order valence-corrected chi connectivity index (χ4v) is 7.99. The molecule has 1 spiro atoms. The van der Waals surface area contributed by atoms with Gasteiger partial charge < -0.3 is 29.7 Å². The quantitative estimate of drug-likeness (QED) is 0.382. The van der Waals surface area contributed by atoms with E-state index in [0.29, 0.717) is 24.9 Å². The van der Waals surface area contributed by atoms with Gasteiger partial charge in [0.05, 0.1) is 24.7 Å². The molecule has 0 saturated carbocycles. The van der Waals surface area contributed by atoms with Crippen LogP contribution in [0.25, 0.3) is 0 Å². The highest BCUT2D eigenvalue weighted by molar-refractivity contribution is 5.99. The molecule has 2 saturated heterocycles. The number of amides is 3. The number of allylic oxidation sites excluding steroid dienone is 1. The van der Waals surface area contributed by atoms with Crippen LogP contribution < -0.4 is 5.32 Å². The number of benzene rings is 1. The Morgan fingerprint density at radius 1 is 1.02 bits per heavy atom. The van der Waals surface area contributed by atoms with E-state index in [-0.39, 0.29) is 36.8 Å². The lowest BCUT2D eigenvalue weighted by molar-refractivity contribution is -0.161. The number of nitrogens with zero attached hydrogens (tertiary/aromatic N) is 2. The summed E-state index contributed by atoms with van der Waals surface area (Å²) in [6.07, 6.45) is 6.83. The molecule has 0 radical (unpaired) electrons. The average molecular weight is 622 g/mol. The Morgan fingerprint density at radius 2 is 1.73 bits per heavy atom. The number of carbonyl (C=O) groups is 4. The molecule has 2 fully saturated rings. The van der Waals surface area contributed by atoms with Crippen LogP contribution in [0.5, 0.6) is 0 Å². The molecule has 3 amide bonds. The van der Waals surface area contributed by atoms with Gasteiger partial charge in [-0.15, -0.1) is 0 Å². The summed E-state index contributed by atoms with van der Waals surface area (Å²) in [4.78, 5) is 59.2. The van der Waals surface area contributed by atoms with Gasteiger partial charge in [-0.3, -0.25) is 19.2 Å². The number of fused-ring (bicyclic) bond motifs is 2. The van der Waals surface area contributed by atoms with Crippen LogP contribution in [0.4, 0.5) is 0 Å². The number of hydrogen-bond donors (Lipinski definition) is 2. The first kappa shape index (κ1) is 32.9. The van der Waals surface area contributed by atoms with Gasteiger partial charge in [-0.1, -0.05) is 75.4 Å². The number of aliphatic hydroxyl groups is 1. The largest absolute Gasteiger partial charge is 0.455 e. The summed E-state index contributed by atoms with van der Waals surface area (Å²) in [7, 11) is 0. The summed E-state index contributed by atoms with van der Waals surface area (Å²) in [5.74, 6) is -3.63. The first-order valence-corrected chi connectivity index (χ1v) is 16.0. The highest BCUT2D eigenvalue weighted by Crippen LogP contribution is 2.53. The third-order valence-corrected chi connectivity index (χ3v) is 9.38. The maximum atomic E-state index is 14.6. The second kappa shape index (κ2) is 12.4. The van der Waals surface area contributed by atoms with Crippen molar-refractivity contribution in [2.24, 2.45) is 17.3 Å². The highest BCUT2D eigenvalue weighted by Gasteiger charge is 2.72. The molecule has 4 aliphatic rings. The van der Waals surface area contributed by atoms with Crippen molar-refractivity contribution in [1.82, 2.24) is 15.1 Å². The Morgan fingerprint density at radius 3 is 2.40 bits per heavy atom. The van der Waals surface area contributed by atoms with Gasteiger partial charge in [0.15, 0.2) is 0 Å². The van der Waals surface area contributed by atoms with Gasteiger partial charge in [-0.05, 0) is 44.6 Å². The predicted octanol–water partition coefficient (Wildman–Crippen LogP) is 3.31. The Balaban J connectivity index is 1.59. The van der Waals surface area contributed by atoms with Gasteiger partial charge in [-0.2, -0.15) is 0 Å². The van der Waals surface area contributed by atoms with Gasteiger partial charge in [-0.25, -0.2) is 0 Å². The van der Waals surface area contributed by atoms with Gasteiger partial charge >= 0.3 is 5.97 Å². The van der Waals surface area contributed by atoms with Crippen molar-refractivity contribution >= 4 is 23.7 Å². The molecule has 0 unspecified atom stereocenters. The van der Waals surface area contributed by atoms with Crippen LogP contribution in [0.3, 0.4) is 0 Å². The maximum Gasteiger partial charge on any atom is 0.313 e. The van der Waals surface area contributed by atoms with E-state index in [2.05, 4.69) is 26.1 Å². The van der Waals surface area contributed by atoms with Crippen molar-refractivity contribution in [3.8, 4) is 0 Å². The van der Waals surface area contributed by atoms with E-state index in [0.717, 1.165) is 0 Å². The van der Waals surface area contributed by atoms with Crippen LogP contribution >= 0.6 is 0 Å². The molecule has 45 heavy (non-hydrogen) atoms. The SMILES string of the molecule is C[C@@H]1NC(=O)CC/C=C\[C@@H]2O[C@@]34C=CCN(C(C)(C)CC(C)(C)C)C(=O)[C@@H]3N(CCO)C(=O)[C@H]4[C@@H]2C(=O)O[C@H]1c1ccccc1. The van der Waals surface area contributed by atoms with E-state index in [1.165, 1.54) is 4.90 Å². The number of carbonyl (C=O) groups excluding carboxylic acids is 4. The molecule has 1 aromatic rings. The zero-order valence-electron chi connectivity index (χ0n) is 27.2. The van der Waals surface area contributed by atoms with E-state index < -0.39 is 59.1 Å². The lowest BCUT2D eigenvalue weighted by Crippen LogP contribution is -2.60. The Kier molecular flexibility index (Phi) is 9.03. The van der Waals surface area contributed by atoms with Crippen LogP contribution in [0.15, 0.2) is 54.6 Å². The minimum atomic E-state index is -1.45.